The molecule has 0 fully saturated rings. The summed E-state index contributed by atoms with van der Waals surface area (Å²) in [6, 6.07) is 21.9. The molecule has 3 aromatic rings. The Morgan fingerprint density at radius 1 is 1.10 bits per heavy atom. The Morgan fingerprint density at radius 3 is 2.68 bits per heavy atom. The minimum absolute atomic E-state index is 0.0717. The number of amides is 1. The van der Waals surface area contributed by atoms with Gasteiger partial charge in [-0.05, 0) is 36.4 Å². The first-order valence-corrected chi connectivity index (χ1v) is 11.4. The molecule has 3 N–H and O–H groups in total. The number of nitrogens with one attached hydrogen (secondary N) is 3. The lowest BCUT2D eigenvalue weighted by atomic mass is 10.1. The van der Waals surface area contributed by atoms with E-state index in [1.54, 1.807) is 11.8 Å². The monoisotopic (exact) mass is 450 g/mol. The Hall–Kier alpha value is -2.73. The molecule has 0 saturated carbocycles. The number of fused-ring (bicyclic) bond motifs is 2. The number of likely N-dealkylation sites (N-methyl/N-ethyl adjacent to an activating group) is 1. The number of hydrogen-bond donors (Lipinski definition) is 3. The van der Waals surface area contributed by atoms with Gasteiger partial charge in [-0.2, -0.15) is 0 Å². The van der Waals surface area contributed by atoms with Gasteiger partial charge in [-0.1, -0.05) is 60.3 Å². The van der Waals surface area contributed by atoms with Crippen molar-refractivity contribution in [3.05, 3.63) is 95.0 Å². The highest BCUT2D eigenvalue weighted by molar-refractivity contribution is 7.99. The number of benzene rings is 3. The van der Waals surface area contributed by atoms with E-state index in [4.69, 9.17) is 11.6 Å². The van der Waals surface area contributed by atoms with Crippen LogP contribution in [0.15, 0.2) is 83.1 Å². The first kappa shape index (κ1) is 21.5. The second kappa shape index (κ2) is 9.60. The predicted molar refractivity (Wildman–Crippen MR) is 129 cm³/mol. The Labute approximate surface area is 192 Å². The second-order valence-electron chi connectivity index (χ2n) is 7.68. The first-order chi connectivity index (χ1) is 15.0. The molecule has 3 aromatic carbocycles. The average molecular weight is 451 g/mol. The third-order valence-electron chi connectivity index (χ3n) is 5.20. The van der Waals surface area contributed by atoms with Crippen molar-refractivity contribution in [1.82, 2.24) is 5.32 Å². The van der Waals surface area contributed by atoms with Crippen molar-refractivity contribution in [2.24, 2.45) is 0 Å². The van der Waals surface area contributed by atoms with Crippen LogP contribution in [0.4, 0.5) is 5.69 Å². The largest absolute Gasteiger partial charge is 0.355 e. The molecule has 0 bridgehead atoms. The average Bonchev–Trinajstić information content (AvgIpc) is 2.89. The third kappa shape index (κ3) is 5.31. The van der Waals surface area contributed by atoms with Crippen molar-refractivity contribution in [2.75, 3.05) is 25.5 Å². The van der Waals surface area contributed by atoms with E-state index in [-0.39, 0.29) is 5.91 Å². The summed E-state index contributed by atoms with van der Waals surface area (Å²) in [5, 5.41) is 7.06. The molecule has 1 unspecified atom stereocenters. The molecule has 0 saturated heterocycles. The standard InChI is InChI=1S/C25H24ClN3OS/c1-17-21-15-20(26)9-11-23(21)31-24-10-8-19(14-22(24)28-17)25(30)27-12-13-29(2)16-18-6-4-3-5-7-18/h3-11,14-15,28H,1,12-13,16H2,2H3,(H,27,30)/p+1. The topological polar surface area (TPSA) is 45.6 Å². The minimum Gasteiger partial charge on any atom is -0.355 e. The molecule has 158 valence electrons. The van der Waals surface area contributed by atoms with E-state index in [0.29, 0.717) is 17.1 Å². The molecule has 1 heterocycles. The Morgan fingerprint density at radius 2 is 1.87 bits per heavy atom. The minimum atomic E-state index is -0.0717. The normalized spacial score (nSPS) is 13.4. The van der Waals surface area contributed by atoms with Gasteiger partial charge in [-0.15, -0.1) is 0 Å². The van der Waals surface area contributed by atoms with Gasteiger partial charge in [0, 0.05) is 37.2 Å². The number of halogens is 1. The Bertz CT molecular complexity index is 1120. The lowest BCUT2D eigenvalue weighted by molar-refractivity contribution is -0.892. The summed E-state index contributed by atoms with van der Waals surface area (Å²) in [7, 11) is 2.14. The first-order valence-electron chi connectivity index (χ1n) is 10.2. The van der Waals surface area contributed by atoms with Gasteiger partial charge >= 0.3 is 0 Å². The second-order valence-corrected chi connectivity index (χ2v) is 9.20. The van der Waals surface area contributed by atoms with Crippen LogP contribution in [0.25, 0.3) is 5.70 Å². The molecule has 1 amide bonds. The van der Waals surface area contributed by atoms with E-state index in [9.17, 15) is 4.79 Å². The van der Waals surface area contributed by atoms with Crippen LogP contribution in [-0.4, -0.2) is 26.0 Å². The van der Waals surface area contributed by atoms with Gasteiger partial charge in [-0.25, -0.2) is 0 Å². The van der Waals surface area contributed by atoms with Crippen LogP contribution >= 0.6 is 23.4 Å². The smallest absolute Gasteiger partial charge is 0.251 e. The van der Waals surface area contributed by atoms with Gasteiger partial charge in [0.25, 0.3) is 5.91 Å². The SMILES string of the molecule is C=C1Nc2cc(C(=O)NCC[NH+](C)Cc3ccccc3)ccc2Sc2ccc(Cl)cc21. The summed E-state index contributed by atoms with van der Waals surface area (Å²) in [5.74, 6) is -0.0717. The van der Waals surface area contributed by atoms with E-state index in [2.05, 4.69) is 48.5 Å². The molecular formula is C25H25ClN3OS+. The van der Waals surface area contributed by atoms with Crippen LogP contribution in [0, 0.1) is 0 Å². The lowest BCUT2D eigenvalue weighted by Gasteiger charge is -2.15. The third-order valence-corrected chi connectivity index (χ3v) is 6.59. The number of quaternary nitrogens is 1. The molecule has 6 heteroatoms. The van der Waals surface area contributed by atoms with Gasteiger partial charge in [0.2, 0.25) is 0 Å². The molecule has 0 radical (unpaired) electrons. The van der Waals surface area contributed by atoms with Crippen LogP contribution in [0.1, 0.15) is 21.5 Å². The summed E-state index contributed by atoms with van der Waals surface area (Å²) >= 11 is 7.80. The summed E-state index contributed by atoms with van der Waals surface area (Å²) in [6.07, 6.45) is 0. The molecule has 0 aromatic heterocycles. The highest BCUT2D eigenvalue weighted by Gasteiger charge is 2.18. The van der Waals surface area contributed by atoms with E-state index >= 15 is 0 Å². The molecule has 0 aliphatic carbocycles. The zero-order valence-corrected chi connectivity index (χ0v) is 18.9. The van der Waals surface area contributed by atoms with Gasteiger partial charge in [0.15, 0.2) is 0 Å². The summed E-state index contributed by atoms with van der Waals surface area (Å²) in [6.45, 7) is 6.55. The summed E-state index contributed by atoms with van der Waals surface area (Å²) in [4.78, 5) is 16.2. The quantitative estimate of drug-likeness (QED) is 0.523. The molecule has 0 spiro atoms. The molecule has 1 atom stereocenters. The molecule has 31 heavy (non-hydrogen) atoms. The van der Waals surface area contributed by atoms with Crippen molar-refractivity contribution in [2.45, 2.75) is 16.3 Å². The van der Waals surface area contributed by atoms with Crippen molar-refractivity contribution in [1.29, 1.82) is 0 Å². The summed E-state index contributed by atoms with van der Waals surface area (Å²) in [5.41, 5.74) is 4.55. The zero-order valence-electron chi connectivity index (χ0n) is 17.4. The number of anilines is 1. The number of carbonyl (C=O) groups is 1. The maximum absolute atomic E-state index is 12.7. The maximum atomic E-state index is 12.7. The van der Waals surface area contributed by atoms with Crippen LogP contribution in [-0.2, 0) is 6.54 Å². The fourth-order valence-corrected chi connectivity index (χ4v) is 4.75. The fraction of sp³-hybridized carbons (Fsp3) is 0.160. The van der Waals surface area contributed by atoms with Gasteiger partial charge in [0.1, 0.15) is 6.54 Å². The Kier molecular flexibility index (Phi) is 6.66. The molecule has 1 aliphatic heterocycles. The summed E-state index contributed by atoms with van der Waals surface area (Å²) < 4.78 is 0. The van der Waals surface area contributed by atoms with Gasteiger partial charge in [0.05, 0.1) is 25.8 Å². The molecule has 1 aliphatic rings. The molecule has 4 nitrogen and oxygen atoms in total. The van der Waals surface area contributed by atoms with E-state index in [1.165, 1.54) is 10.5 Å². The maximum Gasteiger partial charge on any atom is 0.251 e. The van der Waals surface area contributed by atoms with Crippen molar-refractivity contribution >= 4 is 40.7 Å². The fourth-order valence-electron chi connectivity index (χ4n) is 3.56. The van der Waals surface area contributed by atoms with Crippen LogP contribution in [0.2, 0.25) is 5.02 Å². The van der Waals surface area contributed by atoms with E-state index in [1.807, 2.05) is 42.5 Å². The van der Waals surface area contributed by atoms with Crippen LogP contribution in [0.3, 0.4) is 0 Å². The van der Waals surface area contributed by atoms with Gasteiger partial charge in [-0.3, -0.25) is 4.79 Å². The van der Waals surface area contributed by atoms with Crippen molar-refractivity contribution < 1.29 is 9.69 Å². The highest BCUT2D eigenvalue weighted by atomic mass is 35.5. The molecule has 4 rings (SSSR count). The Balaban J connectivity index is 1.38. The van der Waals surface area contributed by atoms with Gasteiger partial charge < -0.3 is 15.5 Å². The van der Waals surface area contributed by atoms with E-state index in [0.717, 1.165) is 39.8 Å². The zero-order chi connectivity index (χ0) is 21.8. The number of rotatable bonds is 6. The van der Waals surface area contributed by atoms with Crippen molar-refractivity contribution in [3.63, 3.8) is 0 Å². The molecular weight excluding hydrogens is 426 g/mol. The number of hydrogen-bond acceptors (Lipinski definition) is 3. The highest BCUT2D eigenvalue weighted by Crippen LogP contribution is 2.42. The van der Waals surface area contributed by atoms with E-state index < -0.39 is 0 Å². The van der Waals surface area contributed by atoms with Crippen LogP contribution in [0.5, 0.6) is 0 Å². The lowest BCUT2D eigenvalue weighted by Crippen LogP contribution is -3.08. The van der Waals surface area contributed by atoms with Crippen LogP contribution < -0.4 is 15.5 Å². The number of carbonyl (C=O) groups excluding carboxylic acids is 1. The van der Waals surface area contributed by atoms with Crippen molar-refractivity contribution in [3.8, 4) is 0 Å². The predicted octanol–water partition coefficient (Wildman–Crippen LogP) is 4.33.